The Morgan fingerprint density at radius 3 is 2.39 bits per heavy atom. The number of fused-ring (bicyclic) bond motifs is 1. The van der Waals surface area contributed by atoms with Crippen molar-refractivity contribution in [1.29, 1.82) is 0 Å². The van der Waals surface area contributed by atoms with E-state index in [0.29, 0.717) is 46.7 Å². The summed E-state index contributed by atoms with van der Waals surface area (Å²) in [7, 11) is 0.184. The minimum absolute atomic E-state index is 0.0327. The number of aryl methyl sites for hydroxylation is 1. The molecule has 3 heterocycles. The molecule has 49 heavy (non-hydrogen) atoms. The summed E-state index contributed by atoms with van der Waals surface area (Å²) < 4.78 is 21.7. The molecule has 12 heteroatoms. The number of benzene rings is 2. The van der Waals surface area contributed by atoms with Crippen LogP contribution in [-0.4, -0.2) is 58.3 Å². The molecule has 0 aliphatic carbocycles. The molecule has 0 bridgehead atoms. The van der Waals surface area contributed by atoms with E-state index in [4.69, 9.17) is 14.2 Å². The largest absolute Gasteiger partial charge is 0.497 e. The third-order valence-corrected chi connectivity index (χ3v) is 9.50. The Hall–Kier alpha value is -4.94. The first-order chi connectivity index (χ1) is 23.1. The molecule has 0 saturated carbocycles. The van der Waals surface area contributed by atoms with Crippen LogP contribution in [0.4, 0.5) is 10.5 Å². The molecule has 0 atom stereocenters. The van der Waals surface area contributed by atoms with Crippen LogP contribution in [0.1, 0.15) is 42.3 Å². The summed E-state index contributed by atoms with van der Waals surface area (Å²) in [6.07, 6.45) is 4.10. The van der Waals surface area contributed by atoms with Gasteiger partial charge in [-0.1, -0.05) is 49.5 Å². The first-order valence-electron chi connectivity index (χ1n) is 16.2. The van der Waals surface area contributed by atoms with E-state index in [0.717, 1.165) is 17.2 Å². The Labute approximate surface area is 287 Å². The maximum Gasteiger partial charge on any atom is 0.419 e. The highest BCUT2D eigenvalue weighted by Gasteiger charge is 2.25. The SMILES string of the molecule is COc1ccc2c(c1)cc(-c1cc(NC(=O)c3cnn(Cc4ccc(C)cc4)c3)cn(COCC[Si](C)(C)C)c1=O)n2C(=O)OC(C)(C)C. The van der Waals surface area contributed by atoms with E-state index in [1.54, 1.807) is 75.3 Å². The van der Waals surface area contributed by atoms with Crippen molar-refractivity contribution in [2.45, 2.75) is 72.3 Å². The van der Waals surface area contributed by atoms with Crippen LogP contribution in [0, 0.1) is 6.92 Å². The highest BCUT2D eigenvalue weighted by Crippen LogP contribution is 2.31. The molecule has 3 aromatic heterocycles. The predicted molar refractivity (Wildman–Crippen MR) is 194 cm³/mol. The average molecular weight is 684 g/mol. The first-order valence-corrected chi connectivity index (χ1v) is 20.0. The van der Waals surface area contributed by atoms with Crippen LogP contribution in [0.3, 0.4) is 0 Å². The molecule has 2 aromatic carbocycles. The maximum absolute atomic E-state index is 14.1. The zero-order valence-corrected chi connectivity index (χ0v) is 30.5. The summed E-state index contributed by atoms with van der Waals surface area (Å²) in [4.78, 5) is 41.3. The molecule has 0 aliphatic heterocycles. The second kappa shape index (κ2) is 14.3. The number of amides is 1. The topological polar surface area (TPSA) is 119 Å². The van der Waals surface area contributed by atoms with E-state index in [9.17, 15) is 14.4 Å². The highest BCUT2D eigenvalue weighted by atomic mass is 28.3. The van der Waals surface area contributed by atoms with Crippen molar-refractivity contribution in [1.82, 2.24) is 18.9 Å². The Kier molecular flexibility index (Phi) is 10.3. The number of carbonyl (C=O) groups excluding carboxylic acids is 2. The standard InChI is InChI=1S/C37H45N5O6Si/c1-25-9-11-26(12-10-25)21-41-22-28(20-38-41)34(43)39-29-19-31(35(44)40(23-29)24-47-15-16-49(6,7)8)33-18-27-17-30(46-5)13-14-32(27)42(33)36(45)48-37(2,3)4/h9-14,17-20,22-23H,15-16,21,24H2,1-8H3,(H,39,43). The fourth-order valence-electron chi connectivity index (χ4n) is 5.20. The number of carbonyl (C=O) groups is 2. The van der Waals surface area contributed by atoms with E-state index in [1.807, 2.05) is 31.2 Å². The van der Waals surface area contributed by atoms with E-state index in [1.165, 1.54) is 15.3 Å². The van der Waals surface area contributed by atoms with Gasteiger partial charge in [0.05, 0.1) is 47.9 Å². The van der Waals surface area contributed by atoms with E-state index in [-0.39, 0.29) is 12.3 Å². The van der Waals surface area contributed by atoms with Crippen molar-refractivity contribution in [3.8, 4) is 17.0 Å². The summed E-state index contributed by atoms with van der Waals surface area (Å²) in [6, 6.07) is 17.6. The van der Waals surface area contributed by atoms with Gasteiger partial charge in [-0.05, 0) is 69.6 Å². The van der Waals surface area contributed by atoms with Gasteiger partial charge in [-0.3, -0.25) is 18.8 Å². The van der Waals surface area contributed by atoms with Crippen molar-refractivity contribution < 1.29 is 23.8 Å². The normalized spacial score (nSPS) is 11.9. The maximum atomic E-state index is 14.1. The average Bonchev–Trinajstić information content (AvgIpc) is 3.65. The van der Waals surface area contributed by atoms with Gasteiger partial charge in [0.2, 0.25) is 0 Å². The first kappa shape index (κ1) is 35.4. The molecular weight excluding hydrogens is 639 g/mol. The Balaban J connectivity index is 1.54. The van der Waals surface area contributed by atoms with Gasteiger partial charge in [0.1, 0.15) is 18.1 Å². The molecular formula is C37H45N5O6Si. The minimum atomic E-state index is -1.38. The lowest BCUT2D eigenvalue weighted by molar-refractivity contribution is 0.0547. The molecule has 5 aromatic rings. The second-order valence-corrected chi connectivity index (χ2v) is 20.0. The summed E-state index contributed by atoms with van der Waals surface area (Å²) in [6.45, 7) is 15.1. The third-order valence-electron chi connectivity index (χ3n) is 7.79. The monoisotopic (exact) mass is 683 g/mol. The molecule has 1 amide bonds. The van der Waals surface area contributed by atoms with Gasteiger partial charge in [0.15, 0.2) is 0 Å². The second-order valence-electron chi connectivity index (χ2n) is 14.4. The van der Waals surface area contributed by atoms with Gasteiger partial charge in [-0.2, -0.15) is 5.10 Å². The van der Waals surface area contributed by atoms with Gasteiger partial charge in [0, 0.05) is 32.5 Å². The molecule has 0 radical (unpaired) electrons. The van der Waals surface area contributed by atoms with Gasteiger partial charge >= 0.3 is 6.09 Å². The molecule has 0 unspecified atom stereocenters. The van der Waals surface area contributed by atoms with Gasteiger partial charge in [-0.15, -0.1) is 0 Å². The number of nitrogens with one attached hydrogen (secondary N) is 1. The third kappa shape index (κ3) is 8.95. The fourth-order valence-corrected chi connectivity index (χ4v) is 5.96. The van der Waals surface area contributed by atoms with Gasteiger partial charge in [-0.25, -0.2) is 9.36 Å². The molecule has 0 saturated heterocycles. The van der Waals surface area contributed by atoms with Gasteiger partial charge < -0.3 is 19.5 Å². The van der Waals surface area contributed by atoms with Crippen LogP contribution in [-0.2, 0) is 22.7 Å². The molecule has 5 rings (SSSR count). The summed E-state index contributed by atoms with van der Waals surface area (Å²) in [5.41, 5.74) is 2.77. The fraction of sp³-hybridized carbons (Fsp3) is 0.351. The number of rotatable bonds is 11. The molecule has 0 aliphatic rings. The van der Waals surface area contributed by atoms with Crippen molar-refractivity contribution >= 4 is 36.7 Å². The molecule has 11 nitrogen and oxygen atoms in total. The lowest BCUT2D eigenvalue weighted by atomic mass is 10.1. The van der Waals surface area contributed by atoms with Crippen LogP contribution in [0.2, 0.25) is 25.7 Å². The number of aromatic nitrogens is 4. The number of ether oxygens (including phenoxy) is 3. The number of hydrogen-bond donors (Lipinski definition) is 1. The van der Waals surface area contributed by atoms with Crippen LogP contribution in [0.15, 0.2) is 78.0 Å². The van der Waals surface area contributed by atoms with Crippen LogP contribution < -0.4 is 15.6 Å². The lowest BCUT2D eigenvalue weighted by Gasteiger charge is -2.21. The van der Waals surface area contributed by atoms with Crippen LogP contribution in [0.25, 0.3) is 22.2 Å². The van der Waals surface area contributed by atoms with Gasteiger partial charge in [0.25, 0.3) is 11.5 Å². The van der Waals surface area contributed by atoms with Crippen molar-refractivity contribution in [3.05, 3.63) is 100 Å². The Bertz CT molecular complexity index is 2030. The Morgan fingerprint density at radius 2 is 1.71 bits per heavy atom. The molecule has 1 N–H and O–H groups in total. The summed E-state index contributed by atoms with van der Waals surface area (Å²) in [5.74, 6) is 0.195. The smallest absolute Gasteiger partial charge is 0.419 e. The number of nitrogens with zero attached hydrogens (tertiary/aromatic N) is 4. The van der Waals surface area contributed by atoms with Crippen molar-refractivity contribution in [2.75, 3.05) is 19.0 Å². The highest BCUT2D eigenvalue weighted by molar-refractivity contribution is 6.76. The number of pyridine rings is 1. The lowest BCUT2D eigenvalue weighted by Crippen LogP contribution is -2.29. The molecule has 0 spiro atoms. The van der Waals surface area contributed by atoms with Crippen molar-refractivity contribution in [2.24, 2.45) is 0 Å². The zero-order chi connectivity index (χ0) is 35.5. The number of anilines is 1. The predicted octanol–water partition coefficient (Wildman–Crippen LogP) is 7.38. The Morgan fingerprint density at radius 1 is 0.980 bits per heavy atom. The van der Waals surface area contributed by atoms with Crippen LogP contribution in [0.5, 0.6) is 5.75 Å². The van der Waals surface area contributed by atoms with Crippen LogP contribution >= 0.6 is 0 Å². The molecule has 0 fully saturated rings. The van der Waals surface area contributed by atoms with Crippen molar-refractivity contribution in [3.63, 3.8) is 0 Å². The molecule has 258 valence electrons. The quantitative estimate of drug-likeness (QED) is 0.114. The van der Waals surface area contributed by atoms with E-state index < -0.39 is 31.2 Å². The summed E-state index contributed by atoms with van der Waals surface area (Å²) in [5, 5.41) is 7.98. The minimum Gasteiger partial charge on any atom is -0.497 e. The number of hydrogen-bond acceptors (Lipinski definition) is 7. The van der Waals surface area contributed by atoms with E-state index in [2.05, 4.69) is 30.1 Å². The number of methoxy groups -OCH3 is 1. The van der Waals surface area contributed by atoms with E-state index >= 15 is 0 Å². The summed E-state index contributed by atoms with van der Waals surface area (Å²) >= 11 is 0. The zero-order valence-electron chi connectivity index (χ0n) is 29.5.